The zero-order valence-corrected chi connectivity index (χ0v) is 15.9. The molecular formula is C21H29N3O. The molecule has 0 bridgehead atoms. The van der Waals surface area contributed by atoms with Crippen LogP contribution in [0.4, 0.5) is 0 Å². The lowest BCUT2D eigenvalue weighted by Gasteiger charge is -2.18. The number of nitrogens with one attached hydrogen (secondary N) is 2. The van der Waals surface area contributed by atoms with Crippen LogP contribution in [0.3, 0.4) is 0 Å². The Morgan fingerprint density at radius 3 is 2.56 bits per heavy atom. The molecule has 0 fully saturated rings. The lowest BCUT2D eigenvalue weighted by Crippen LogP contribution is -2.38. The van der Waals surface area contributed by atoms with Gasteiger partial charge in [-0.15, -0.1) is 0 Å². The molecule has 0 aliphatic rings. The SMILES string of the molecule is CN=C(NCc1ccc(C)cc1C)NCC(C)c1ccccc1OC. The van der Waals surface area contributed by atoms with Crippen LogP contribution in [0.1, 0.15) is 35.1 Å². The Labute approximate surface area is 151 Å². The fraction of sp³-hybridized carbons (Fsp3) is 0.381. The molecule has 4 heteroatoms. The van der Waals surface area contributed by atoms with Crippen molar-refractivity contribution in [3.05, 3.63) is 64.7 Å². The zero-order chi connectivity index (χ0) is 18.2. The monoisotopic (exact) mass is 339 g/mol. The Balaban J connectivity index is 1.91. The number of guanidine groups is 1. The van der Waals surface area contributed by atoms with E-state index in [-0.39, 0.29) is 0 Å². The van der Waals surface area contributed by atoms with E-state index in [1.54, 1.807) is 14.2 Å². The summed E-state index contributed by atoms with van der Waals surface area (Å²) < 4.78 is 5.45. The van der Waals surface area contributed by atoms with Crippen molar-refractivity contribution in [2.24, 2.45) is 4.99 Å². The zero-order valence-electron chi connectivity index (χ0n) is 15.9. The summed E-state index contributed by atoms with van der Waals surface area (Å²) in [5.74, 6) is 2.05. The summed E-state index contributed by atoms with van der Waals surface area (Å²) in [6.07, 6.45) is 0. The number of benzene rings is 2. The molecule has 0 aliphatic heterocycles. The van der Waals surface area contributed by atoms with Crippen LogP contribution in [-0.4, -0.2) is 26.7 Å². The molecule has 2 rings (SSSR count). The summed E-state index contributed by atoms with van der Waals surface area (Å²) in [5.41, 5.74) is 5.06. The molecule has 0 amide bonds. The van der Waals surface area contributed by atoms with E-state index in [4.69, 9.17) is 4.74 Å². The second-order valence-corrected chi connectivity index (χ2v) is 6.38. The van der Waals surface area contributed by atoms with E-state index < -0.39 is 0 Å². The van der Waals surface area contributed by atoms with E-state index in [9.17, 15) is 0 Å². The highest BCUT2D eigenvalue weighted by atomic mass is 16.5. The van der Waals surface area contributed by atoms with Gasteiger partial charge in [0.05, 0.1) is 7.11 Å². The minimum absolute atomic E-state index is 0.316. The molecule has 0 radical (unpaired) electrons. The molecule has 2 N–H and O–H groups in total. The van der Waals surface area contributed by atoms with Crippen molar-refractivity contribution in [3.8, 4) is 5.75 Å². The van der Waals surface area contributed by atoms with Crippen molar-refractivity contribution in [2.75, 3.05) is 20.7 Å². The molecule has 0 spiro atoms. The van der Waals surface area contributed by atoms with Crippen LogP contribution in [0, 0.1) is 13.8 Å². The number of ether oxygens (including phenoxy) is 1. The fourth-order valence-electron chi connectivity index (χ4n) is 2.88. The highest BCUT2D eigenvalue weighted by Gasteiger charge is 2.11. The summed E-state index contributed by atoms with van der Waals surface area (Å²) in [7, 11) is 3.51. The third-order valence-electron chi connectivity index (χ3n) is 4.41. The quantitative estimate of drug-likeness (QED) is 0.622. The van der Waals surface area contributed by atoms with Gasteiger partial charge in [-0.3, -0.25) is 4.99 Å². The van der Waals surface area contributed by atoms with Gasteiger partial charge in [0.2, 0.25) is 0 Å². The van der Waals surface area contributed by atoms with Gasteiger partial charge in [0.1, 0.15) is 5.75 Å². The van der Waals surface area contributed by atoms with Gasteiger partial charge in [-0.2, -0.15) is 0 Å². The van der Waals surface area contributed by atoms with E-state index >= 15 is 0 Å². The Kier molecular flexibility index (Phi) is 6.87. The van der Waals surface area contributed by atoms with Crippen molar-refractivity contribution in [1.82, 2.24) is 10.6 Å². The summed E-state index contributed by atoms with van der Waals surface area (Å²) >= 11 is 0. The Morgan fingerprint density at radius 1 is 1.12 bits per heavy atom. The number of hydrogen-bond acceptors (Lipinski definition) is 2. The minimum Gasteiger partial charge on any atom is -0.496 e. The van der Waals surface area contributed by atoms with Crippen LogP contribution in [-0.2, 0) is 6.54 Å². The third kappa shape index (κ3) is 5.24. The highest BCUT2D eigenvalue weighted by molar-refractivity contribution is 5.79. The van der Waals surface area contributed by atoms with Crippen LogP contribution in [0.25, 0.3) is 0 Å². The molecule has 0 saturated carbocycles. The second-order valence-electron chi connectivity index (χ2n) is 6.38. The largest absolute Gasteiger partial charge is 0.496 e. The van der Waals surface area contributed by atoms with Gasteiger partial charge in [-0.25, -0.2) is 0 Å². The maximum Gasteiger partial charge on any atom is 0.191 e. The normalized spacial score (nSPS) is 12.6. The molecule has 1 atom stereocenters. The van der Waals surface area contributed by atoms with E-state index in [2.05, 4.69) is 60.7 Å². The first-order valence-corrected chi connectivity index (χ1v) is 8.68. The predicted octanol–water partition coefficient (Wildman–Crippen LogP) is 3.78. The van der Waals surface area contributed by atoms with Gasteiger partial charge in [-0.1, -0.05) is 48.9 Å². The highest BCUT2D eigenvalue weighted by Crippen LogP contribution is 2.25. The second kappa shape index (κ2) is 9.11. The van der Waals surface area contributed by atoms with Crippen molar-refractivity contribution in [3.63, 3.8) is 0 Å². The predicted molar refractivity (Wildman–Crippen MR) is 106 cm³/mol. The molecule has 0 aromatic heterocycles. The molecule has 25 heavy (non-hydrogen) atoms. The topological polar surface area (TPSA) is 45.7 Å². The first-order chi connectivity index (χ1) is 12.0. The lowest BCUT2D eigenvalue weighted by atomic mass is 10.0. The molecular weight excluding hydrogens is 310 g/mol. The fourth-order valence-corrected chi connectivity index (χ4v) is 2.88. The number of aryl methyl sites for hydroxylation is 2. The summed E-state index contributed by atoms with van der Waals surface area (Å²) in [6.45, 7) is 7.98. The minimum atomic E-state index is 0.316. The standard InChI is InChI=1S/C21H29N3O/c1-15-10-11-18(16(2)12-15)14-24-21(22-4)23-13-17(3)19-8-6-7-9-20(19)25-5/h6-12,17H,13-14H2,1-5H3,(H2,22,23,24). The van der Waals surface area contributed by atoms with Crippen LogP contribution in [0.5, 0.6) is 5.75 Å². The Morgan fingerprint density at radius 2 is 1.88 bits per heavy atom. The molecule has 0 saturated heterocycles. The number of hydrogen-bond donors (Lipinski definition) is 2. The summed E-state index contributed by atoms with van der Waals surface area (Å²) in [5, 5.41) is 6.79. The molecule has 0 heterocycles. The Bertz CT molecular complexity index is 725. The van der Waals surface area contributed by atoms with Crippen molar-refractivity contribution < 1.29 is 4.74 Å². The van der Waals surface area contributed by atoms with Crippen molar-refractivity contribution in [2.45, 2.75) is 33.2 Å². The van der Waals surface area contributed by atoms with Gasteiger partial charge >= 0.3 is 0 Å². The molecule has 2 aromatic rings. The summed E-state index contributed by atoms with van der Waals surface area (Å²) in [4.78, 5) is 4.32. The number of rotatable bonds is 6. The molecule has 0 aliphatic carbocycles. The first-order valence-electron chi connectivity index (χ1n) is 8.68. The average molecular weight is 339 g/mol. The van der Waals surface area contributed by atoms with E-state index in [0.29, 0.717) is 5.92 Å². The van der Waals surface area contributed by atoms with Gasteiger partial charge in [0, 0.05) is 26.1 Å². The average Bonchev–Trinajstić information content (AvgIpc) is 2.62. The smallest absolute Gasteiger partial charge is 0.191 e. The van der Waals surface area contributed by atoms with E-state index in [1.807, 2.05) is 18.2 Å². The van der Waals surface area contributed by atoms with Crippen LogP contribution in [0.15, 0.2) is 47.5 Å². The third-order valence-corrected chi connectivity index (χ3v) is 4.41. The van der Waals surface area contributed by atoms with Crippen molar-refractivity contribution in [1.29, 1.82) is 0 Å². The number of nitrogens with zero attached hydrogens (tertiary/aromatic N) is 1. The van der Waals surface area contributed by atoms with E-state index in [1.165, 1.54) is 22.3 Å². The maximum atomic E-state index is 5.45. The van der Waals surface area contributed by atoms with Gasteiger partial charge in [0.15, 0.2) is 5.96 Å². The maximum absolute atomic E-state index is 5.45. The molecule has 2 aromatic carbocycles. The number of para-hydroxylation sites is 1. The summed E-state index contributed by atoms with van der Waals surface area (Å²) in [6, 6.07) is 14.7. The first kappa shape index (κ1) is 18.8. The Hall–Kier alpha value is -2.49. The molecule has 134 valence electrons. The lowest BCUT2D eigenvalue weighted by molar-refractivity contribution is 0.406. The number of aliphatic imine (C=N–C) groups is 1. The van der Waals surface area contributed by atoms with Crippen LogP contribution in [0.2, 0.25) is 0 Å². The van der Waals surface area contributed by atoms with Gasteiger partial charge in [-0.05, 0) is 36.6 Å². The van der Waals surface area contributed by atoms with Crippen LogP contribution < -0.4 is 15.4 Å². The van der Waals surface area contributed by atoms with E-state index in [0.717, 1.165) is 24.8 Å². The van der Waals surface area contributed by atoms with Gasteiger partial charge < -0.3 is 15.4 Å². The molecule has 1 unspecified atom stereocenters. The number of methoxy groups -OCH3 is 1. The van der Waals surface area contributed by atoms with Gasteiger partial charge in [0.25, 0.3) is 0 Å². The molecule has 4 nitrogen and oxygen atoms in total. The van der Waals surface area contributed by atoms with Crippen LogP contribution >= 0.6 is 0 Å². The van der Waals surface area contributed by atoms with Crippen molar-refractivity contribution >= 4 is 5.96 Å².